The lowest BCUT2D eigenvalue weighted by atomic mass is 9.97. The van der Waals surface area contributed by atoms with E-state index in [-0.39, 0.29) is 17.8 Å². The molecule has 3 unspecified atom stereocenters. The monoisotopic (exact) mass is 480 g/mol. The number of aliphatic hydroxyl groups excluding tert-OH is 1. The lowest BCUT2D eigenvalue weighted by molar-refractivity contribution is -0.768. The number of benzene rings is 1. The van der Waals surface area contributed by atoms with Crippen LogP contribution in [0.25, 0.3) is 10.9 Å². The average molecular weight is 481 g/mol. The molecule has 1 saturated carbocycles. The first-order valence-electron chi connectivity index (χ1n) is 11.2. The maximum atomic E-state index is 12.1. The molecule has 3 atom stereocenters. The third-order valence-corrected chi connectivity index (χ3v) is 7.04. The van der Waals surface area contributed by atoms with Crippen LogP contribution in [0, 0.1) is 17.0 Å². The summed E-state index contributed by atoms with van der Waals surface area (Å²) in [6, 6.07) is 7.76. The summed E-state index contributed by atoms with van der Waals surface area (Å²) in [6.45, 7) is 4.81. The molecule has 3 N–H and O–H groups in total. The number of nitrogens with one attached hydrogen (secondary N) is 2. The minimum Gasteiger partial charge on any atom is -0.490 e. The first-order chi connectivity index (χ1) is 15.8. The molecule has 1 fully saturated rings. The number of aromatic amines is 1. The molecule has 1 aliphatic rings. The molecular weight excluding hydrogens is 448 g/mol. The smallest absolute Gasteiger partial charge is 0.294 e. The van der Waals surface area contributed by atoms with E-state index in [9.17, 15) is 20.0 Å². The van der Waals surface area contributed by atoms with Gasteiger partial charge in [0.25, 0.3) is 5.09 Å². The van der Waals surface area contributed by atoms with E-state index < -0.39 is 17.3 Å². The first-order valence-corrected chi connectivity index (χ1v) is 12.0. The van der Waals surface area contributed by atoms with Crippen LogP contribution in [0.3, 0.4) is 0 Å². The van der Waals surface area contributed by atoms with Gasteiger partial charge >= 0.3 is 0 Å². The highest BCUT2D eigenvalue weighted by Crippen LogP contribution is 2.33. The van der Waals surface area contributed by atoms with Gasteiger partial charge in [0.1, 0.15) is 24.6 Å². The van der Waals surface area contributed by atoms with Crippen molar-refractivity contribution in [3.05, 3.63) is 40.1 Å². The lowest BCUT2D eigenvalue weighted by Gasteiger charge is -2.32. The molecular formula is C22H32N4O6S. The summed E-state index contributed by atoms with van der Waals surface area (Å²) in [5, 5.41) is 24.3. The minimum atomic E-state index is -0.746. The van der Waals surface area contributed by atoms with Gasteiger partial charge in [-0.05, 0) is 49.9 Å². The van der Waals surface area contributed by atoms with Crippen molar-refractivity contribution in [3.63, 3.8) is 0 Å². The number of ether oxygens (including phenoxy) is 1. The number of hydrogen-bond acceptors (Lipinski definition) is 8. The first kappa shape index (κ1) is 25.1. The number of aromatic nitrogens is 1. The van der Waals surface area contributed by atoms with E-state index in [4.69, 9.17) is 9.57 Å². The third kappa shape index (κ3) is 7.51. The van der Waals surface area contributed by atoms with Crippen LogP contribution >= 0.6 is 11.9 Å². The number of nitrogens with zero attached hydrogens (tertiary/aromatic N) is 2. The molecule has 11 heteroatoms. The summed E-state index contributed by atoms with van der Waals surface area (Å²) in [4.78, 5) is 30.9. The summed E-state index contributed by atoms with van der Waals surface area (Å²) in [5.74, 6) is 0.597. The molecule has 1 aliphatic carbocycles. The van der Waals surface area contributed by atoms with Crippen molar-refractivity contribution in [1.29, 1.82) is 0 Å². The Balaban J connectivity index is 1.41. The topological polar surface area (TPSA) is 130 Å². The molecule has 0 bridgehead atoms. The molecule has 182 valence electrons. The molecule has 0 saturated heterocycles. The van der Waals surface area contributed by atoms with Crippen molar-refractivity contribution >= 4 is 28.8 Å². The number of aliphatic hydroxyl groups is 1. The number of rotatable bonds is 12. The fourth-order valence-corrected chi connectivity index (χ4v) is 5.21. The summed E-state index contributed by atoms with van der Waals surface area (Å²) < 4.78 is 7.42. The fourth-order valence-electron chi connectivity index (χ4n) is 3.95. The molecule has 3 rings (SSSR count). The number of aryl methyl sites for hydroxylation is 1. The Bertz CT molecular complexity index is 939. The second-order valence-electron chi connectivity index (χ2n) is 8.26. The summed E-state index contributed by atoms with van der Waals surface area (Å²) in [6.07, 6.45) is 2.02. The molecule has 0 spiro atoms. The van der Waals surface area contributed by atoms with Gasteiger partial charge in [0, 0.05) is 43.2 Å². The van der Waals surface area contributed by atoms with Crippen molar-refractivity contribution in [3.8, 4) is 5.75 Å². The number of amides is 1. The van der Waals surface area contributed by atoms with Gasteiger partial charge in [0.05, 0.1) is 5.25 Å². The average Bonchev–Trinajstić information content (AvgIpc) is 3.15. The number of hydrogen-bond donors (Lipinski definition) is 3. The van der Waals surface area contributed by atoms with Crippen LogP contribution in [0.5, 0.6) is 5.75 Å². The largest absolute Gasteiger partial charge is 0.490 e. The third-order valence-electron chi connectivity index (χ3n) is 5.54. The van der Waals surface area contributed by atoms with Crippen molar-refractivity contribution in [2.75, 3.05) is 26.2 Å². The van der Waals surface area contributed by atoms with E-state index in [0.717, 1.165) is 35.9 Å². The van der Waals surface area contributed by atoms with Crippen LogP contribution in [0.1, 0.15) is 38.3 Å². The maximum absolute atomic E-state index is 12.1. The summed E-state index contributed by atoms with van der Waals surface area (Å²) >= 11 is 1.32. The highest BCUT2D eigenvalue weighted by atomic mass is 32.2. The number of H-pyrrole nitrogens is 1. The molecule has 1 aromatic heterocycles. The zero-order valence-electron chi connectivity index (χ0n) is 19.0. The molecule has 1 amide bonds. The van der Waals surface area contributed by atoms with Crippen LogP contribution in [0.2, 0.25) is 0 Å². The fraction of sp³-hybridized carbons (Fsp3) is 0.591. The second-order valence-corrected chi connectivity index (χ2v) is 9.51. The number of fused-ring (bicyclic) bond motifs is 1. The Labute approximate surface area is 197 Å². The van der Waals surface area contributed by atoms with Gasteiger partial charge in [-0.2, -0.15) is 0 Å². The molecule has 1 aromatic carbocycles. The standard InChI is InChI=1S/C22H32N4O6S/c1-15-12-18-19(24-15)6-5-8-20(18)31-14-17(28)13-23-10-11-25(16(2)27)33-22-9-4-3-7-21(22)32-26(29)30/h5-6,8,12,17,21-24,28H,3-4,7,9-11,13-14H2,1-2H3. The van der Waals surface area contributed by atoms with Gasteiger partial charge in [-0.3, -0.25) is 9.10 Å². The van der Waals surface area contributed by atoms with Crippen LogP contribution in [-0.2, 0) is 9.63 Å². The Hall–Kier alpha value is -2.50. The van der Waals surface area contributed by atoms with Crippen LogP contribution in [-0.4, -0.2) is 69.1 Å². The Morgan fingerprint density at radius 1 is 1.42 bits per heavy atom. The van der Waals surface area contributed by atoms with Crippen molar-refractivity contribution in [1.82, 2.24) is 14.6 Å². The van der Waals surface area contributed by atoms with Crippen LogP contribution < -0.4 is 10.1 Å². The van der Waals surface area contributed by atoms with Gasteiger partial charge in [-0.25, -0.2) is 0 Å². The van der Waals surface area contributed by atoms with E-state index >= 15 is 0 Å². The molecule has 10 nitrogen and oxygen atoms in total. The van der Waals surface area contributed by atoms with Gasteiger partial charge < -0.3 is 25.0 Å². The number of carbonyl (C=O) groups is 1. The predicted molar refractivity (Wildman–Crippen MR) is 127 cm³/mol. The molecule has 0 aliphatic heterocycles. The van der Waals surface area contributed by atoms with Crippen molar-refractivity contribution in [2.24, 2.45) is 0 Å². The highest BCUT2D eigenvalue weighted by molar-refractivity contribution is 7.98. The summed E-state index contributed by atoms with van der Waals surface area (Å²) in [7, 11) is 0. The van der Waals surface area contributed by atoms with Gasteiger partial charge in [0.15, 0.2) is 0 Å². The molecule has 33 heavy (non-hydrogen) atoms. The van der Waals surface area contributed by atoms with E-state index in [2.05, 4.69) is 10.3 Å². The Morgan fingerprint density at radius 2 is 2.21 bits per heavy atom. The van der Waals surface area contributed by atoms with Crippen molar-refractivity contribution < 1.29 is 24.6 Å². The zero-order chi connectivity index (χ0) is 23.8. The Kier molecular flexibility index (Phi) is 9.21. The Morgan fingerprint density at radius 3 is 2.97 bits per heavy atom. The quantitative estimate of drug-likeness (QED) is 0.183. The van der Waals surface area contributed by atoms with Crippen LogP contribution in [0.15, 0.2) is 24.3 Å². The number of carbonyl (C=O) groups excluding carboxylic acids is 1. The molecule has 2 aromatic rings. The molecule has 1 heterocycles. The minimum absolute atomic E-state index is 0.119. The van der Waals surface area contributed by atoms with Gasteiger partial charge in [0.2, 0.25) is 5.91 Å². The second kappa shape index (κ2) is 12.1. The SMILES string of the molecule is CC(=O)N(CCNCC(O)COc1cccc2[nH]c(C)cc12)SC1CCCCC1O[N+](=O)[O-]. The van der Waals surface area contributed by atoms with Gasteiger partial charge in [-0.15, -0.1) is 10.1 Å². The normalized spacial score (nSPS) is 19.2. The maximum Gasteiger partial charge on any atom is 0.294 e. The highest BCUT2D eigenvalue weighted by Gasteiger charge is 2.31. The van der Waals surface area contributed by atoms with Crippen LogP contribution in [0.4, 0.5) is 0 Å². The van der Waals surface area contributed by atoms with E-state index in [1.165, 1.54) is 18.9 Å². The predicted octanol–water partition coefficient (Wildman–Crippen LogP) is 2.82. The van der Waals surface area contributed by atoms with E-state index in [0.29, 0.717) is 31.8 Å². The van der Waals surface area contributed by atoms with E-state index in [1.807, 2.05) is 31.2 Å². The van der Waals surface area contributed by atoms with Gasteiger partial charge in [-0.1, -0.05) is 18.9 Å². The summed E-state index contributed by atoms with van der Waals surface area (Å²) in [5.41, 5.74) is 2.03. The molecule has 0 radical (unpaired) electrons. The zero-order valence-corrected chi connectivity index (χ0v) is 19.8. The van der Waals surface area contributed by atoms with E-state index in [1.54, 1.807) is 4.31 Å². The van der Waals surface area contributed by atoms with Crippen molar-refractivity contribution in [2.45, 2.75) is 57.0 Å². The lowest BCUT2D eigenvalue weighted by Crippen LogP contribution is -2.39.